The maximum absolute atomic E-state index is 12.4. The summed E-state index contributed by atoms with van der Waals surface area (Å²) in [5.74, 6) is 0.916. The van der Waals surface area contributed by atoms with Gasteiger partial charge in [-0.1, -0.05) is 0 Å². The number of hydrogen-bond donors (Lipinski definition) is 1. The molecule has 116 valence electrons. The van der Waals surface area contributed by atoms with Gasteiger partial charge in [0.1, 0.15) is 4.75 Å². The topological polar surface area (TPSA) is 58.6 Å². The molecule has 6 heteroatoms. The molecule has 0 aromatic carbocycles. The third-order valence-electron chi connectivity index (χ3n) is 4.91. The van der Waals surface area contributed by atoms with Crippen molar-refractivity contribution in [3.05, 3.63) is 0 Å². The van der Waals surface area contributed by atoms with E-state index in [-0.39, 0.29) is 6.04 Å². The number of methoxy groups -OCH3 is 1. The van der Waals surface area contributed by atoms with Crippen LogP contribution in [0, 0.1) is 5.92 Å². The Labute approximate surface area is 122 Å². The summed E-state index contributed by atoms with van der Waals surface area (Å²) in [6.07, 6.45) is 6.11. The maximum atomic E-state index is 12.4. The Balaban J connectivity index is 1.48. The molecule has 0 amide bonds. The van der Waals surface area contributed by atoms with Gasteiger partial charge in [-0.3, -0.25) is 0 Å². The van der Waals surface area contributed by atoms with E-state index >= 15 is 0 Å². The standard InChI is InChI=1S/C14H26N2O3S/c1-19-11-14(6-7-14)20(17,18)15-13-4-8-16(9-5-13)10-12-2-3-12/h12-13,15H,2-11H2,1H3. The minimum atomic E-state index is -3.23. The highest BCUT2D eigenvalue weighted by molar-refractivity contribution is 7.91. The van der Waals surface area contributed by atoms with Crippen LogP contribution in [0.3, 0.4) is 0 Å². The molecule has 1 heterocycles. The number of piperidine rings is 1. The molecule has 3 rings (SSSR count). The lowest BCUT2D eigenvalue weighted by atomic mass is 10.1. The Bertz CT molecular complexity index is 435. The van der Waals surface area contributed by atoms with Crippen molar-refractivity contribution < 1.29 is 13.2 Å². The molecule has 0 spiro atoms. The zero-order valence-corrected chi connectivity index (χ0v) is 13.1. The van der Waals surface area contributed by atoms with E-state index in [1.165, 1.54) is 19.4 Å². The Kier molecular flexibility index (Phi) is 4.10. The molecule has 20 heavy (non-hydrogen) atoms. The minimum Gasteiger partial charge on any atom is -0.383 e. The van der Waals surface area contributed by atoms with E-state index in [9.17, 15) is 8.42 Å². The summed E-state index contributed by atoms with van der Waals surface area (Å²) in [6, 6.07) is 0.116. The van der Waals surface area contributed by atoms with Crippen LogP contribution in [0.15, 0.2) is 0 Å². The fourth-order valence-corrected chi connectivity index (χ4v) is 4.97. The third kappa shape index (κ3) is 3.18. The normalized spacial score (nSPS) is 27.6. The average molecular weight is 302 g/mol. The van der Waals surface area contributed by atoms with Crippen LogP contribution in [0.25, 0.3) is 0 Å². The molecule has 0 unspecified atom stereocenters. The number of rotatable bonds is 7. The molecule has 3 fully saturated rings. The van der Waals surface area contributed by atoms with E-state index in [0.29, 0.717) is 6.61 Å². The Morgan fingerprint density at radius 3 is 2.35 bits per heavy atom. The van der Waals surface area contributed by atoms with E-state index in [1.54, 1.807) is 7.11 Å². The van der Waals surface area contributed by atoms with Gasteiger partial charge in [-0.15, -0.1) is 0 Å². The SMILES string of the molecule is COCC1(S(=O)(=O)NC2CCN(CC3CC3)CC2)CC1. The van der Waals surface area contributed by atoms with Crippen molar-refractivity contribution >= 4 is 10.0 Å². The first-order valence-electron chi connectivity index (χ1n) is 7.78. The van der Waals surface area contributed by atoms with E-state index < -0.39 is 14.8 Å². The van der Waals surface area contributed by atoms with Gasteiger partial charge in [0.15, 0.2) is 0 Å². The number of ether oxygens (including phenoxy) is 1. The summed E-state index contributed by atoms with van der Waals surface area (Å²) in [5.41, 5.74) is 0. The number of hydrogen-bond acceptors (Lipinski definition) is 4. The third-order valence-corrected chi connectivity index (χ3v) is 7.22. The van der Waals surface area contributed by atoms with Crippen LogP contribution in [0.4, 0.5) is 0 Å². The molecule has 1 aliphatic heterocycles. The van der Waals surface area contributed by atoms with Gasteiger partial charge in [-0.2, -0.15) is 0 Å². The van der Waals surface area contributed by atoms with Gasteiger partial charge in [-0.05, 0) is 57.5 Å². The second kappa shape index (κ2) is 5.55. The van der Waals surface area contributed by atoms with E-state index in [1.807, 2.05) is 0 Å². The molecular formula is C14H26N2O3S. The Morgan fingerprint density at radius 2 is 1.85 bits per heavy atom. The molecule has 0 atom stereocenters. The lowest BCUT2D eigenvalue weighted by molar-refractivity contribution is 0.188. The predicted octanol–water partition coefficient (Wildman–Crippen LogP) is 0.959. The molecule has 1 saturated heterocycles. The first-order valence-corrected chi connectivity index (χ1v) is 9.26. The summed E-state index contributed by atoms with van der Waals surface area (Å²) in [6.45, 7) is 3.60. The average Bonchev–Trinajstić information content (AvgIpc) is 3.27. The van der Waals surface area contributed by atoms with Crippen molar-refractivity contribution in [2.75, 3.05) is 33.4 Å². The summed E-state index contributed by atoms with van der Waals surface area (Å²) in [5, 5.41) is 0. The number of likely N-dealkylation sites (tertiary alicyclic amines) is 1. The van der Waals surface area contributed by atoms with E-state index in [4.69, 9.17) is 4.74 Å². The Hall–Kier alpha value is -0.170. The van der Waals surface area contributed by atoms with Crippen molar-refractivity contribution in [2.24, 2.45) is 5.92 Å². The van der Waals surface area contributed by atoms with Gasteiger partial charge < -0.3 is 9.64 Å². The van der Waals surface area contributed by atoms with Gasteiger partial charge >= 0.3 is 0 Å². The van der Waals surface area contributed by atoms with Crippen LogP contribution in [-0.2, 0) is 14.8 Å². The van der Waals surface area contributed by atoms with Crippen LogP contribution in [-0.4, -0.2) is 57.5 Å². The molecule has 2 saturated carbocycles. The molecule has 0 aromatic heterocycles. The van der Waals surface area contributed by atoms with Crippen molar-refractivity contribution in [3.8, 4) is 0 Å². The van der Waals surface area contributed by atoms with Crippen molar-refractivity contribution in [1.82, 2.24) is 9.62 Å². The molecule has 5 nitrogen and oxygen atoms in total. The highest BCUT2D eigenvalue weighted by Crippen LogP contribution is 2.43. The fourth-order valence-electron chi connectivity index (χ4n) is 3.14. The molecular weight excluding hydrogens is 276 g/mol. The number of nitrogens with one attached hydrogen (secondary N) is 1. The van der Waals surface area contributed by atoms with Crippen LogP contribution in [0.5, 0.6) is 0 Å². The summed E-state index contributed by atoms with van der Waals surface area (Å²) in [7, 11) is -1.66. The first-order chi connectivity index (χ1) is 9.55. The van der Waals surface area contributed by atoms with Crippen molar-refractivity contribution in [1.29, 1.82) is 0 Å². The highest BCUT2D eigenvalue weighted by Gasteiger charge is 2.55. The number of nitrogens with zero attached hydrogens (tertiary/aromatic N) is 1. The quantitative estimate of drug-likeness (QED) is 0.761. The van der Waals surface area contributed by atoms with Crippen LogP contribution < -0.4 is 4.72 Å². The van der Waals surface area contributed by atoms with Crippen LogP contribution in [0.2, 0.25) is 0 Å². The summed E-state index contributed by atoms with van der Waals surface area (Å²) >= 11 is 0. The van der Waals surface area contributed by atoms with Gasteiger partial charge in [0.25, 0.3) is 0 Å². The first kappa shape index (κ1) is 14.8. The predicted molar refractivity (Wildman–Crippen MR) is 78.1 cm³/mol. The summed E-state index contributed by atoms with van der Waals surface area (Å²) in [4.78, 5) is 2.49. The molecule has 3 aliphatic rings. The van der Waals surface area contributed by atoms with Gasteiger partial charge in [0, 0.05) is 19.7 Å². The van der Waals surface area contributed by atoms with Gasteiger partial charge in [0.2, 0.25) is 10.0 Å². The molecule has 0 aromatic rings. The molecule has 2 aliphatic carbocycles. The monoisotopic (exact) mass is 302 g/mol. The van der Waals surface area contributed by atoms with Crippen molar-refractivity contribution in [2.45, 2.75) is 49.3 Å². The van der Waals surface area contributed by atoms with E-state index in [2.05, 4.69) is 9.62 Å². The van der Waals surface area contributed by atoms with Crippen LogP contribution in [0.1, 0.15) is 38.5 Å². The van der Waals surface area contributed by atoms with E-state index in [0.717, 1.165) is 44.7 Å². The second-order valence-corrected chi connectivity index (χ2v) is 8.86. The fraction of sp³-hybridized carbons (Fsp3) is 1.00. The summed E-state index contributed by atoms with van der Waals surface area (Å²) < 4.78 is 32.3. The lowest BCUT2D eigenvalue weighted by Crippen LogP contribution is -2.49. The molecule has 0 radical (unpaired) electrons. The Morgan fingerprint density at radius 1 is 1.20 bits per heavy atom. The molecule has 1 N–H and O–H groups in total. The van der Waals surface area contributed by atoms with Crippen molar-refractivity contribution in [3.63, 3.8) is 0 Å². The second-order valence-electron chi connectivity index (χ2n) is 6.76. The van der Waals surface area contributed by atoms with Gasteiger partial charge in [0.05, 0.1) is 6.61 Å². The van der Waals surface area contributed by atoms with Crippen LogP contribution >= 0.6 is 0 Å². The lowest BCUT2D eigenvalue weighted by Gasteiger charge is -2.33. The largest absolute Gasteiger partial charge is 0.383 e. The number of sulfonamides is 1. The maximum Gasteiger partial charge on any atom is 0.219 e. The highest BCUT2D eigenvalue weighted by atomic mass is 32.2. The smallest absolute Gasteiger partial charge is 0.219 e. The zero-order valence-electron chi connectivity index (χ0n) is 12.3. The van der Waals surface area contributed by atoms with Gasteiger partial charge in [-0.25, -0.2) is 13.1 Å². The molecule has 0 bridgehead atoms. The minimum absolute atomic E-state index is 0.116. The zero-order chi connectivity index (χ0) is 14.2.